The van der Waals surface area contributed by atoms with Gasteiger partial charge in [0.15, 0.2) is 0 Å². The molecule has 1 aliphatic carbocycles. The first-order valence-corrected chi connectivity index (χ1v) is 3.72. The van der Waals surface area contributed by atoms with E-state index in [2.05, 4.69) is 5.32 Å². The Morgan fingerprint density at radius 1 is 1.82 bits per heavy atom. The van der Waals surface area contributed by atoms with Crippen molar-refractivity contribution in [3.63, 3.8) is 0 Å². The Labute approximate surface area is 65.8 Å². The first-order chi connectivity index (χ1) is 5.06. The normalized spacial score (nSPS) is 36.0. The Balaban J connectivity index is 2.23. The summed E-state index contributed by atoms with van der Waals surface area (Å²) in [5.41, 5.74) is 4.93. The van der Waals surface area contributed by atoms with E-state index in [0.717, 1.165) is 12.8 Å². The van der Waals surface area contributed by atoms with Crippen molar-refractivity contribution in [2.45, 2.75) is 25.8 Å². The van der Waals surface area contributed by atoms with Crippen LogP contribution in [0.4, 0.5) is 4.79 Å². The number of aliphatic hydroxyl groups excluding tert-OH is 1. The predicted octanol–water partition coefficient (Wildman–Crippen LogP) is -0.184. The Bertz CT molecular complexity index is 164. The molecule has 1 saturated carbocycles. The predicted molar refractivity (Wildman–Crippen MR) is 40.9 cm³/mol. The average molecular weight is 158 g/mol. The van der Waals surface area contributed by atoms with Gasteiger partial charge in [0, 0.05) is 12.6 Å². The molecule has 0 heterocycles. The highest BCUT2D eigenvalue weighted by atomic mass is 16.3. The van der Waals surface area contributed by atoms with Crippen LogP contribution in [0.1, 0.15) is 19.8 Å². The van der Waals surface area contributed by atoms with Crippen molar-refractivity contribution in [2.24, 2.45) is 11.1 Å². The summed E-state index contributed by atoms with van der Waals surface area (Å²) in [6.07, 6.45) is 1.65. The molecule has 4 nitrogen and oxygen atoms in total. The third kappa shape index (κ3) is 1.83. The maximum atomic E-state index is 10.4. The molecule has 0 aliphatic heterocycles. The van der Waals surface area contributed by atoms with Crippen LogP contribution in [-0.2, 0) is 0 Å². The topological polar surface area (TPSA) is 75.3 Å². The number of aliphatic hydroxyl groups is 1. The number of urea groups is 1. The number of hydrogen-bond donors (Lipinski definition) is 3. The van der Waals surface area contributed by atoms with Gasteiger partial charge in [0.25, 0.3) is 0 Å². The highest BCUT2D eigenvalue weighted by Crippen LogP contribution is 2.39. The van der Waals surface area contributed by atoms with Crippen molar-refractivity contribution in [3.8, 4) is 0 Å². The molecule has 11 heavy (non-hydrogen) atoms. The highest BCUT2D eigenvalue weighted by molar-refractivity contribution is 5.72. The van der Waals surface area contributed by atoms with Gasteiger partial charge in [-0.15, -0.1) is 0 Å². The molecule has 1 fully saturated rings. The van der Waals surface area contributed by atoms with E-state index in [0.29, 0.717) is 0 Å². The Kier molecular flexibility index (Phi) is 2.04. The molecule has 0 aromatic carbocycles. The monoisotopic (exact) mass is 158 g/mol. The summed E-state index contributed by atoms with van der Waals surface area (Å²) in [5.74, 6) is 0. The molecular formula is C7H14N2O2. The first-order valence-electron chi connectivity index (χ1n) is 3.72. The lowest BCUT2D eigenvalue weighted by Gasteiger charge is -2.43. The van der Waals surface area contributed by atoms with Crippen LogP contribution in [0.5, 0.6) is 0 Å². The lowest BCUT2D eigenvalue weighted by atomic mass is 9.67. The lowest BCUT2D eigenvalue weighted by Crippen LogP contribution is -2.52. The van der Waals surface area contributed by atoms with Gasteiger partial charge in [-0.1, -0.05) is 6.92 Å². The van der Waals surface area contributed by atoms with Gasteiger partial charge in [0.1, 0.15) is 0 Å². The van der Waals surface area contributed by atoms with Crippen molar-refractivity contribution in [1.82, 2.24) is 5.32 Å². The fourth-order valence-electron chi connectivity index (χ4n) is 1.56. The van der Waals surface area contributed by atoms with E-state index in [4.69, 9.17) is 10.8 Å². The minimum atomic E-state index is -0.477. The molecule has 0 aromatic heterocycles. The second kappa shape index (κ2) is 2.70. The minimum absolute atomic E-state index is 0.00706. The van der Waals surface area contributed by atoms with Crippen LogP contribution in [0.3, 0.4) is 0 Å². The maximum Gasteiger partial charge on any atom is 0.312 e. The molecule has 0 atom stereocenters. The minimum Gasteiger partial charge on any atom is -0.396 e. The molecule has 0 aromatic rings. The number of amides is 2. The van der Waals surface area contributed by atoms with Crippen LogP contribution in [0, 0.1) is 5.41 Å². The number of hydrogen-bond acceptors (Lipinski definition) is 2. The van der Waals surface area contributed by atoms with Crippen LogP contribution >= 0.6 is 0 Å². The second-order valence-corrected chi connectivity index (χ2v) is 3.58. The zero-order chi connectivity index (χ0) is 8.48. The SMILES string of the molecule is C[C@]1(CO)C[C@@H](NC(N)=O)C1. The number of primary amides is 1. The summed E-state index contributed by atoms with van der Waals surface area (Å²) < 4.78 is 0. The third-order valence-electron chi connectivity index (χ3n) is 2.21. The zero-order valence-corrected chi connectivity index (χ0v) is 6.63. The van der Waals surface area contributed by atoms with Gasteiger partial charge in [-0.25, -0.2) is 4.79 Å². The van der Waals surface area contributed by atoms with E-state index in [1.165, 1.54) is 0 Å². The molecule has 4 N–H and O–H groups in total. The van der Waals surface area contributed by atoms with Crippen LogP contribution in [0.15, 0.2) is 0 Å². The standard InChI is InChI=1S/C7H14N2O2/c1-7(4-10)2-5(3-7)9-6(8)11/h5,10H,2-4H2,1H3,(H3,8,9,11)/t5-,7+. The van der Waals surface area contributed by atoms with E-state index in [-0.39, 0.29) is 18.1 Å². The quantitative estimate of drug-likeness (QED) is 0.521. The van der Waals surface area contributed by atoms with Crippen molar-refractivity contribution in [1.29, 1.82) is 0 Å². The molecule has 64 valence electrons. The first kappa shape index (κ1) is 8.33. The Morgan fingerprint density at radius 3 is 2.73 bits per heavy atom. The third-order valence-corrected chi connectivity index (χ3v) is 2.21. The van der Waals surface area contributed by atoms with E-state index in [9.17, 15) is 4.79 Å². The van der Waals surface area contributed by atoms with Gasteiger partial charge in [0.2, 0.25) is 0 Å². The molecule has 0 unspecified atom stereocenters. The Morgan fingerprint density at radius 2 is 2.36 bits per heavy atom. The number of carbonyl (C=O) groups is 1. The van der Waals surface area contributed by atoms with Gasteiger partial charge in [-0.3, -0.25) is 0 Å². The van der Waals surface area contributed by atoms with Crippen molar-refractivity contribution in [2.75, 3.05) is 6.61 Å². The molecule has 2 amide bonds. The Hall–Kier alpha value is -0.770. The molecule has 0 spiro atoms. The smallest absolute Gasteiger partial charge is 0.312 e. The molecule has 0 radical (unpaired) electrons. The fraction of sp³-hybridized carbons (Fsp3) is 0.857. The van der Waals surface area contributed by atoms with Crippen LogP contribution < -0.4 is 11.1 Å². The summed E-state index contributed by atoms with van der Waals surface area (Å²) in [7, 11) is 0. The summed E-state index contributed by atoms with van der Waals surface area (Å²) in [6.45, 7) is 2.18. The van der Waals surface area contributed by atoms with Crippen molar-refractivity contribution >= 4 is 6.03 Å². The van der Waals surface area contributed by atoms with Gasteiger partial charge in [-0.2, -0.15) is 0 Å². The number of nitrogens with two attached hydrogens (primary N) is 1. The van der Waals surface area contributed by atoms with E-state index >= 15 is 0 Å². The summed E-state index contributed by atoms with van der Waals surface area (Å²) >= 11 is 0. The highest BCUT2D eigenvalue weighted by Gasteiger charge is 2.39. The molecule has 1 aliphatic rings. The summed E-state index contributed by atoms with van der Waals surface area (Å²) in [6, 6.07) is -0.306. The van der Waals surface area contributed by atoms with E-state index in [1.807, 2.05) is 6.92 Å². The van der Waals surface area contributed by atoms with Gasteiger partial charge < -0.3 is 16.2 Å². The number of rotatable bonds is 2. The fourth-order valence-corrected chi connectivity index (χ4v) is 1.56. The molecular weight excluding hydrogens is 144 g/mol. The average Bonchev–Trinajstić information content (AvgIpc) is 1.83. The molecule has 4 heteroatoms. The van der Waals surface area contributed by atoms with Crippen LogP contribution in [-0.4, -0.2) is 23.8 Å². The molecule has 0 bridgehead atoms. The maximum absolute atomic E-state index is 10.4. The van der Waals surface area contributed by atoms with Crippen LogP contribution in [0.2, 0.25) is 0 Å². The van der Waals surface area contributed by atoms with E-state index in [1.54, 1.807) is 0 Å². The van der Waals surface area contributed by atoms with Crippen molar-refractivity contribution < 1.29 is 9.90 Å². The number of carbonyl (C=O) groups excluding carboxylic acids is 1. The number of nitrogens with one attached hydrogen (secondary N) is 1. The van der Waals surface area contributed by atoms with Crippen molar-refractivity contribution in [3.05, 3.63) is 0 Å². The molecule has 0 saturated heterocycles. The largest absolute Gasteiger partial charge is 0.396 e. The summed E-state index contributed by atoms with van der Waals surface area (Å²) in [4.78, 5) is 10.4. The lowest BCUT2D eigenvalue weighted by molar-refractivity contribution is 0.0365. The summed E-state index contributed by atoms with van der Waals surface area (Å²) in [5, 5.41) is 11.4. The van der Waals surface area contributed by atoms with Gasteiger partial charge >= 0.3 is 6.03 Å². The van der Waals surface area contributed by atoms with Gasteiger partial charge in [-0.05, 0) is 18.3 Å². The van der Waals surface area contributed by atoms with Gasteiger partial charge in [0.05, 0.1) is 0 Å². The molecule has 1 rings (SSSR count). The zero-order valence-electron chi connectivity index (χ0n) is 6.63. The van der Waals surface area contributed by atoms with Crippen LogP contribution in [0.25, 0.3) is 0 Å². The van der Waals surface area contributed by atoms with E-state index < -0.39 is 6.03 Å². The second-order valence-electron chi connectivity index (χ2n) is 3.58.